The summed E-state index contributed by atoms with van der Waals surface area (Å²) in [6, 6.07) is 9.42. The lowest BCUT2D eigenvalue weighted by Crippen LogP contribution is -2.40. The Labute approximate surface area is 137 Å². The standard InChI is InChI=1S/C20H24O3/c1-2-23-19(22)20-13-7-6-12-17(20)16(11-8-14-20)18(21)15-9-4-3-5-10-15/h3-5,9-10H,2,6-8,11-14H2,1H3. The van der Waals surface area contributed by atoms with Crippen LogP contribution in [-0.2, 0) is 9.53 Å². The van der Waals surface area contributed by atoms with E-state index in [-0.39, 0.29) is 11.8 Å². The molecule has 3 nitrogen and oxygen atoms in total. The number of ether oxygens (including phenoxy) is 1. The molecule has 0 spiro atoms. The Morgan fingerprint density at radius 1 is 1.04 bits per heavy atom. The second kappa shape index (κ2) is 6.69. The van der Waals surface area contributed by atoms with Gasteiger partial charge in [0.2, 0.25) is 0 Å². The van der Waals surface area contributed by atoms with Crippen molar-refractivity contribution in [3.05, 3.63) is 47.0 Å². The van der Waals surface area contributed by atoms with E-state index in [9.17, 15) is 9.59 Å². The van der Waals surface area contributed by atoms with Crippen LogP contribution in [0.15, 0.2) is 41.5 Å². The van der Waals surface area contributed by atoms with Gasteiger partial charge in [-0.15, -0.1) is 0 Å². The fourth-order valence-electron chi connectivity index (χ4n) is 4.16. The van der Waals surface area contributed by atoms with E-state index in [0.29, 0.717) is 6.61 Å². The molecule has 0 amide bonds. The second-order valence-corrected chi connectivity index (χ2v) is 6.52. The highest BCUT2D eigenvalue weighted by molar-refractivity contribution is 6.10. The van der Waals surface area contributed by atoms with Crippen LogP contribution in [0, 0.1) is 5.41 Å². The number of benzene rings is 1. The first-order valence-electron chi connectivity index (χ1n) is 8.68. The van der Waals surface area contributed by atoms with Crippen LogP contribution in [0.25, 0.3) is 0 Å². The second-order valence-electron chi connectivity index (χ2n) is 6.52. The molecular weight excluding hydrogens is 288 g/mol. The van der Waals surface area contributed by atoms with Crippen LogP contribution in [0.5, 0.6) is 0 Å². The lowest BCUT2D eigenvalue weighted by Gasteiger charge is -2.41. The van der Waals surface area contributed by atoms with E-state index in [2.05, 4.69) is 0 Å². The number of Topliss-reactive ketones (excluding diaryl/α,β-unsaturated/α-hetero) is 1. The highest BCUT2D eigenvalue weighted by Gasteiger charge is 2.48. The van der Waals surface area contributed by atoms with Gasteiger partial charge in [-0.25, -0.2) is 0 Å². The third-order valence-corrected chi connectivity index (χ3v) is 5.23. The van der Waals surface area contributed by atoms with Gasteiger partial charge in [0.1, 0.15) is 0 Å². The number of carbonyl (C=O) groups is 2. The fourth-order valence-corrected chi connectivity index (χ4v) is 4.16. The average molecular weight is 312 g/mol. The zero-order chi connectivity index (χ0) is 16.3. The SMILES string of the molecule is CCOC(=O)C12CCCCC1=C(C(=O)c1ccccc1)CCC2. The number of hydrogen-bond donors (Lipinski definition) is 0. The minimum absolute atomic E-state index is 0.0934. The number of hydrogen-bond acceptors (Lipinski definition) is 3. The van der Waals surface area contributed by atoms with Crippen LogP contribution in [0.1, 0.15) is 62.2 Å². The molecule has 1 atom stereocenters. The first-order valence-corrected chi connectivity index (χ1v) is 8.68. The molecule has 0 heterocycles. The molecule has 1 saturated carbocycles. The average Bonchev–Trinajstić information content (AvgIpc) is 2.61. The molecule has 1 aromatic rings. The Balaban J connectivity index is 2.03. The van der Waals surface area contributed by atoms with Crippen molar-refractivity contribution in [2.75, 3.05) is 6.61 Å². The molecule has 3 heteroatoms. The van der Waals surface area contributed by atoms with Gasteiger partial charge in [0.25, 0.3) is 0 Å². The molecular formula is C20H24O3. The summed E-state index contributed by atoms with van der Waals surface area (Å²) in [6.07, 6.45) is 6.27. The molecule has 0 radical (unpaired) electrons. The first-order chi connectivity index (χ1) is 11.2. The number of rotatable bonds is 4. The first kappa shape index (κ1) is 16.0. The van der Waals surface area contributed by atoms with Gasteiger partial charge in [-0.1, -0.05) is 36.8 Å². The molecule has 1 unspecified atom stereocenters. The predicted octanol–water partition coefficient (Wildman–Crippen LogP) is 4.47. The summed E-state index contributed by atoms with van der Waals surface area (Å²) < 4.78 is 5.39. The molecule has 0 bridgehead atoms. The third kappa shape index (κ3) is 2.85. The van der Waals surface area contributed by atoms with Crippen LogP contribution in [0.4, 0.5) is 0 Å². The van der Waals surface area contributed by atoms with E-state index in [4.69, 9.17) is 4.74 Å². The number of ketones is 1. The van der Waals surface area contributed by atoms with Gasteiger partial charge < -0.3 is 4.74 Å². The number of fused-ring (bicyclic) bond motifs is 1. The van der Waals surface area contributed by atoms with Crippen LogP contribution >= 0.6 is 0 Å². The summed E-state index contributed by atoms with van der Waals surface area (Å²) in [5.41, 5.74) is 2.13. The Morgan fingerprint density at radius 3 is 2.52 bits per heavy atom. The van der Waals surface area contributed by atoms with Crippen molar-refractivity contribution in [2.45, 2.75) is 51.9 Å². The molecule has 0 aromatic heterocycles. The maximum absolute atomic E-state index is 13.0. The van der Waals surface area contributed by atoms with Crippen molar-refractivity contribution in [2.24, 2.45) is 5.41 Å². The molecule has 2 aliphatic carbocycles. The highest BCUT2D eigenvalue weighted by Crippen LogP contribution is 2.51. The van der Waals surface area contributed by atoms with E-state index in [0.717, 1.165) is 61.7 Å². The molecule has 0 saturated heterocycles. The van der Waals surface area contributed by atoms with Crippen molar-refractivity contribution >= 4 is 11.8 Å². The Morgan fingerprint density at radius 2 is 1.78 bits per heavy atom. The van der Waals surface area contributed by atoms with Crippen molar-refractivity contribution in [3.8, 4) is 0 Å². The van der Waals surface area contributed by atoms with E-state index >= 15 is 0 Å². The van der Waals surface area contributed by atoms with Crippen LogP contribution < -0.4 is 0 Å². The molecule has 3 rings (SSSR count). The van der Waals surface area contributed by atoms with Crippen LogP contribution in [0.2, 0.25) is 0 Å². The van der Waals surface area contributed by atoms with Gasteiger partial charge in [0, 0.05) is 11.1 Å². The van der Waals surface area contributed by atoms with E-state index in [1.54, 1.807) is 0 Å². The minimum Gasteiger partial charge on any atom is -0.465 e. The quantitative estimate of drug-likeness (QED) is 0.608. The fraction of sp³-hybridized carbons (Fsp3) is 0.500. The van der Waals surface area contributed by atoms with Crippen molar-refractivity contribution in [1.82, 2.24) is 0 Å². The normalized spacial score (nSPS) is 24.0. The lowest BCUT2D eigenvalue weighted by molar-refractivity contribution is -0.155. The highest BCUT2D eigenvalue weighted by atomic mass is 16.5. The van der Waals surface area contributed by atoms with Gasteiger partial charge in [0.15, 0.2) is 5.78 Å². The minimum atomic E-state index is -0.535. The van der Waals surface area contributed by atoms with Gasteiger partial charge in [-0.2, -0.15) is 0 Å². The topological polar surface area (TPSA) is 43.4 Å². The Bertz CT molecular complexity index is 630. The summed E-state index contributed by atoms with van der Waals surface area (Å²) in [6.45, 7) is 2.25. The van der Waals surface area contributed by atoms with Gasteiger partial charge in [-0.3, -0.25) is 9.59 Å². The van der Waals surface area contributed by atoms with Crippen molar-refractivity contribution in [1.29, 1.82) is 0 Å². The third-order valence-electron chi connectivity index (χ3n) is 5.23. The van der Waals surface area contributed by atoms with Gasteiger partial charge >= 0.3 is 5.97 Å². The van der Waals surface area contributed by atoms with E-state index < -0.39 is 5.41 Å². The Kier molecular flexibility index (Phi) is 4.65. The molecule has 1 aromatic carbocycles. The molecule has 0 N–H and O–H groups in total. The van der Waals surface area contributed by atoms with Crippen molar-refractivity contribution in [3.63, 3.8) is 0 Å². The molecule has 0 aliphatic heterocycles. The van der Waals surface area contributed by atoms with Gasteiger partial charge in [-0.05, 0) is 51.0 Å². The summed E-state index contributed by atoms with van der Waals surface area (Å²) in [7, 11) is 0. The lowest BCUT2D eigenvalue weighted by atomic mass is 9.62. The van der Waals surface area contributed by atoms with E-state index in [1.807, 2.05) is 37.3 Å². The number of allylic oxidation sites excluding steroid dienone is 1. The zero-order valence-corrected chi connectivity index (χ0v) is 13.8. The summed E-state index contributed by atoms with van der Waals surface area (Å²) in [5.74, 6) is -0.0244. The van der Waals surface area contributed by atoms with Crippen LogP contribution in [-0.4, -0.2) is 18.4 Å². The predicted molar refractivity (Wildman–Crippen MR) is 89.2 cm³/mol. The van der Waals surface area contributed by atoms with Crippen molar-refractivity contribution < 1.29 is 14.3 Å². The summed E-state index contributed by atoms with van der Waals surface area (Å²) in [4.78, 5) is 25.7. The Hall–Kier alpha value is -1.90. The maximum atomic E-state index is 13.0. The zero-order valence-electron chi connectivity index (χ0n) is 13.8. The molecule has 23 heavy (non-hydrogen) atoms. The van der Waals surface area contributed by atoms with E-state index in [1.165, 1.54) is 0 Å². The molecule has 2 aliphatic rings. The van der Waals surface area contributed by atoms with Crippen LogP contribution in [0.3, 0.4) is 0 Å². The van der Waals surface area contributed by atoms with Gasteiger partial charge in [0.05, 0.1) is 12.0 Å². The summed E-state index contributed by atoms with van der Waals surface area (Å²) >= 11 is 0. The largest absolute Gasteiger partial charge is 0.465 e. The monoisotopic (exact) mass is 312 g/mol. The number of esters is 1. The maximum Gasteiger partial charge on any atom is 0.316 e. The summed E-state index contributed by atoms with van der Waals surface area (Å²) in [5, 5.41) is 0. The molecule has 1 fully saturated rings. The molecule has 122 valence electrons. The number of carbonyl (C=O) groups excluding carboxylic acids is 2. The smallest absolute Gasteiger partial charge is 0.316 e.